The van der Waals surface area contributed by atoms with E-state index in [9.17, 15) is 9.59 Å². The van der Waals surface area contributed by atoms with Crippen molar-refractivity contribution in [1.29, 1.82) is 0 Å². The summed E-state index contributed by atoms with van der Waals surface area (Å²) < 4.78 is 5.53. The zero-order chi connectivity index (χ0) is 25.8. The lowest BCUT2D eigenvalue weighted by Gasteiger charge is -2.43. The van der Waals surface area contributed by atoms with Crippen LogP contribution in [0.1, 0.15) is 65.3 Å². The van der Waals surface area contributed by atoms with Crippen molar-refractivity contribution in [3.05, 3.63) is 61.5 Å². The van der Waals surface area contributed by atoms with E-state index < -0.39 is 0 Å². The molecule has 8 heteroatoms. The number of halogens is 1. The van der Waals surface area contributed by atoms with Crippen molar-refractivity contribution in [2.45, 2.75) is 72.0 Å². The third kappa shape index (κ3) is 5.96. The lowest BCUT2D eigenvalue weighted by Crippen LogP contribution is -2.48. The number of nitrogens with zero attached hydrogens (tertiary/aromatic N) is 2. The Labute approximate surface area is 219 Å². The lowest BCUT2D eigenvalue weighted by molar-refractivity contribution is 0.00730. The minimum atomic E-state index is -0.220. The topological polar surface area (TPSA) is 77.7 Å². The van der Waals surface area contributed by atoms with E-state index in [2.05, 4.69) is 27.0 Å². The summed E-state index contributed by atoms with van der Waals surface area (Å²) in [5.41, 5.74) is 4.57. The van der Waals surface area contributed by atoms with Gasteiger partial charge in [-0.15, -0.1) is 0 Å². The van der Waals surface area contributed by atoms with Gasteiger partial charge in [0.2, 0.25) is 0 Å². The number of H-pyrrole nitrogens is 1. The zero-order valence-corrected chi connectivity index (χ0v) is 22.7. The third-order valence-corrected chi connectivity index (χ3v) is 8.05. The number of carbonyl (C=O) groups excluding carboxylic acids is 1. The van der Waals surface area contributed by atoms with Gasteiger partial charge in [-0.2, -0.15) is 0 Å². The minimum absolute atomic E-state index is 0.166. The second-order valence-electron chi connectivity index (χ2n) is 10.1. The van der Waals surface area contributed by atoms with Gasteiger partial charge in [-0.1, -0.05) is 11.6 Å². The van der Waals surface area contributed by atoms with Gasteiger partial charge >= 0.3 is 0 Å². The highest BCUT2D eigenvalue weighted by atomic mass is 35.5. The molecule has 2 aromatic rings. The molecule has 0 radical (unpaired) electrons. The normalized spacial score (nSPS) is 20.8. The molecule has 1 saturated heterocycles. The Morgan fingerprint density at radius 2 is 1.83 bits per heavy atom. The van der Waals surface area contributed by atoms with Crippen LogP contribution in [-0.2, 0) is 11.3 Å². The van der Waals surface area contributed by atoms with Gasteiger partial charge < -0.3 is 19.9 Å². The third-order valence-electron chi connectivity index (χ3n) is 7.83. The second kappa shape index (κ2) is 11.8. The summed E-state index contributed by atoms with van der Waals surface area (Å²) in [6, 6.07) is 6.69. The monoisotopic (exact) mass is 514 g/mol. The summed E-state index contributed by atoms with van der Waals surface area (Å²) in [7, 11) is 0. The Morgan fingerprint density at radius 1 is 1.14 bits per heavy atom. The van der Waals surface area contributed by atoms with Gasteiger partial charge in [-0.25, -0.2) is 0 Å². The first-order valence-corrected chi connectivity index (χ1v) is 13.5. The first-order chi connectivity index (χ1) is 17.3. The number of benzene rings is 1. The van der Waals surface area contributed by atoms with Crippen LogP contribution in [0.3, 0.4) is 0 Å². The number of amides is 1. The summed E-state index contributed by atoms with van der Waals surface area (Å²) in [6.07, 6.45) is 4.61. The smallest absolute Gasteiger partial charge is 0.253 e. The van der Waals surface area contributed by atoms with Crippen LogP contribution in [0.2, 0.25) is 5.02 Å². The Balaban J connectivity index is 1.48. The molecule has 4 rings (SSSR count). The highest BCUT2D eigenvalue weighted by Crippen LogP contribution is 2.34. The predicted molar refractivity (Wildman–Crippen MR) is 145 cm³/mol. The molecular formula is C28H39ClN4O3. The molecule has 1 saturated carbocycles. The number of ether oxygens (including phenoxy) is 1. The maximum absolute atomic E-state index is 13.2. The van der Waals surface area contributed by atoms with Crippen LogP contribution in [0.15, 0.2) is 23.0 Å². The van der Waals surface area contributed by atoms with E-state index >= 15 is 0 Å². The number of pyridine rings is 1. The Morgan fingerprint density at radius 3 is 2.47 bits per heavy atom. The molecule has 2 heterocycles. The number of hydrogen-bond acceptors (Lipinski definition) is 5. The van der Waals surface area contributed by atoms with E-state index in [1.165, 1.54) is 12.8 Å². The number of aromatic nitrogens is 1. The van der Waals surface area contributed by atoms with Crippen molar-refractivity contribution in [2.75, 3.05) is 37.7 Å². The summed E-state index contributed by atoms with van der Waals surface area (Å²) in [4.78, 5) is 33.4. The number of aryl methyl sites for hydroxylation is 2. The molecule has 0 bridgehead atoms. The van der Waals surface area contributed by atoms with E-state index in [-0.39, 0.29) is 18.0 Å². The Bertz CT molecular complexity index is 1130. The molecule has 0 spiro atoms. The molecule has 2 aliphatic rings. The molecule has 196 valence electrons. The summed E-state index contributed by atoms with van der Waals surface area (Å²) in [6.45, 7) is 12.7. The van der Waals surface area contributed by atoms with Gasteiger partial charge in [0.1, 0.15) is 0 Å². The average molecular weight is 515 g/mol. The van der Waals surface area contributed by atoms with Crippen molar-refractivity contribution >= 4 is 23.2 Å². The van der Waals surface area contributed by atoms with E-state index in [0.717, 1.165) is 68.2 Å². The van der Waals surface area contributed by atoms with Crippen LogP contribution in [0.25, 0.3) is 0 Å². The number of rotatable bonds is 7. The van der Waals surface area contributed by atoms with Crippen LogP contribution < -0.4 is 15.8 Å². The van der Waals surface area contributed by atoms with E-state index in [1.54, 1.807) is 6.07 Å². The van der Waals surface area contributed by atoms with Crippen molar-refractivity contribution in [1.82, 2.24) is 15.2 Å². The molecule has 1 aromatic carbocycles. The quantitative estimate of drug-likeness (QED) is 0.574. The van der Waals surface area contributed by atoms with Gasteiger partial charge in [0.25, 0.3) is 11.5 Å². The minimum Gasteiger partial charge on any atom is -0.379 e. The Kier molecular flexibility index (Phi) is 8.75. The first-order valence-electron chi connectivity index (χ1n) is 13.1. The maximum Gasteiger partial charge on any atom is 0.253 e. The van der Waals surface area contributed by atoms with Gasteiger partial charge in [-0.05, 0) is 82.7 Å². The number of morpholine rings is 1. The highest BCUT2D eigenvalue weighted by molar-refractivity contribution is 6.31. The van der Waals surface area contributed by atoms with E-state index in [4.69, 9.17) is 16.3 Å². The molecule has 1 amide bonds. The average Bonchev–Trinajstić information content (AvgIpc) is 2.86. The van der Waals surface area contributed by atoms with Gasteiger partial charge in [0.15, 0.2) is 0 Å². The van der Waals surface area contributed by atoms with Crippen LogP contribution >= 0.6 is 11.6 Å². The molecule has 1 aliphatic carbocycles. The molecule has 0 unspecified atom stereocenters. The Hall–Kier alpha value is -2.35. The number of carbonyl (C=O) groups is 1. The van der Waals surface area contributed by atoms with Crippen molar-refractivity contribution in [2.24, 2.45) is 0 Å². The molecule has 36 heavy (non-hydrogen) atoms. The largest absolute Gasteiger partial charge is 0.379 e. The van der Waals surface area contributed by atoms with Crippen LogP contribution in [0.4, 0.5) is 5.69 Å². The van der Waals surface area contributed by atoms with Crippen LogP contribution in [0, 0.1) is 20.8 Å². The number of hydrogen-bond donors (Lipinski definition) is 2. The lowest BCUT2D eigenvalue weighted by atomic mass is 9.88. The fourth-order valence-corrected chi connectivity index (χ4v) is 6.08. The van der Waals surface area contributed by atoms with Crippen LogP contribution in [-0.4, -0.2) is 60.7 Å². The fraction of sp³-hybridized carbons (Fsp3) is 0.571. The van der Waals surface area contributed by atoms with Gasteiger partial charge in [-0.3, -0.25) is 14.5 Å². The molecule has 2 fully saturated rings. The van der Waals surface area contributed by atoms with Crippen molar-refractivity contribution < 1.29 is 9.53 Å². The molecular weight excluding hydrogens is 476 g/mol. The highest BCUT2D eigenvalue weighted by Gasteiger charge is 2.30. The SMILES string of the molecule is CCN(c1cc(Cl)cc(C(=O)NCc2c(C)cc(C)[nH]c2=O)c1C)[C@H]1CC[C@H](N2CCOCC2)CC1. The van der Waals surface area contributed by atoms with Crippen molar-refractivity contribution in [3.63, 3.8) is 0 Å². The van der Waals surface area contributed by atoms with E-state index in [0.29, 0.717) is 28.2 Å². The van der Waals surface area contributed by atoms with Crippen molar-refractivity contribution in [3.8, 4) is 0 Å². The summed E-state index contributed by atoms with van der Waals surface area (Å²) in [5.74, 6) is -0.220. The molecule has 1 aliphatic heterocycles. The van der Waals surface area contributed by atoms with Crippen LogP contribution in [0.5, 0.6) is 0 Å². The number of anilines is 1. The number of nitrogens with one attached hydrogen (secondary N) is 2. The molecule has 2 N–H and O–H groups in total. The van der Waals surface area contributed by atoms with Gasteiger partial charge in [0.05, 0.1) is 13.2 Å². The molecule has 7 nitrogen and oxygen atoms in total. The van der Waals surface area contributed by atoms with Gasteiger partial charge in [0, 0.05) is 65.8 Å². The summed E-state index contributed by atoms with van der Waals surface area (Å²) >= 11 is 6.54. The first kappa shape index (κ1) is 26.7. The fourth-order valence-electron chi connectivity index (χ4n) is 5.87. The zero-order valence-electron chi connectivity index (χ0n) is 22.0. The second-order valence-corrected chi connectivity index (χ2v) is 10.6. The maximum atomic E-state index is 13.2. The van der Waals surface area contributed by atoms with E-state index in [1.807, 2.05) is 32.9 Å². The standard InChI is InChI=1S/C28H39ClN4O3/c1-5-33(23-8-6-22(7-9-23)32-10-12-36-13-11-32)26-16-21(29)15-24(20(26)4)27(34)30-17-25-18(2)14-19(3)31-28(25)35/h14-16,22-23H,5-13,17H2,1-4H3,(H,30,34)(H,31,35)/t22-,23-. The number of aromatic amines is 1. The molecule has 1 aromatic heterocycles. The molecule has 0 atom stereocenters. The summed E-state index contributed by atoms with van der Waals surface area (Å²) in [5, 5.41) is 3.49. The predicted octanol–water partition coefficient (Wildman–Crippen LogP) is 4.35.